The monoisotopic (exact) mass is 284 g/mol. The highest BCUT2D eigenvalue weighted by Gasteiger charge is 2.17. The summed E-state index contributed by atoms with van der Waals surface area (Å²) in [7, 11) is 0. The minimum atomic E-state index is 0.745. The number of rotatable bonds is 2. The number of benzene rings is 2. The molecule has 0 atom stereocenters. The van der Waals surface area contributed by atoms with E-state index in [-0.39, 0.29) is 0 Å². The second-order valence-electron chi connectivity index (χ2n) is 5.24. The summed E-state index contributed by atoms with van der Waals surface area (Å²) in [5, 5.41) is 0. The first-order chi connectivity index (χ1) is 9.34. The Labute approximate surface area is 125 Å². The summed E-state index contributed by atoms with van der Waals surface area (Å²) in [4.78, 5) is 0.853. The Kier molecular flexibility index (Phi) is 3.82. The molecule has 0 aliphatic rings. The lowest BCUT2D eigenvalue weighted by Crippen LogP contribution is -2.10. The van der Waals surface area contributed by atoms with Crippen LogP contribution in [0.3, 0.4) is 0 Å². The predicted octanol–water partition coefficient (Wildman–Crippen LogP) is 3.85. The van der Waals surface area contributed by atoms with E-state index in [1.165, 1.54) is 0 Å². The molecule has 0 aliphatic carbocycles. The van der Waals surface area contributed by atoms with Crippen molar-refractivity contribution < 1.29 is 0 Å². The maximum absolute atomic E-state index is 6.15. The number of nitrogen functional groups attached to an aromatic ring is 2. The summed E-state index contributed by atoms with van der Waals surface area (Å²) in [6, 6.07) is 7.70. The van der Waals surface area contributed by atoms with Crippen LogP contribution in [0.4, 0.5) is 11.4 Å². The van der Waals surface area contributed by atoms with Gasteiger partial charge in [-0.3, -0.25) is 0 Å². The summed E-state index contributed by atoms with van der Waals surface area (Å²) < 4.78 is 0. The second kappa shape index (κ2) is 5.25. The smallest absolute Gasteiger partial charge is 0.0527 e. The lowest BCUT2D eigenvalue weighted by Gasteiger charge is -2.19. The number of anilines is 2. The van der Waals surface area contributed by atoms with E-state index in [1.807, 2.05) is 38.1 Å². The van der Waals surface area contributed by atoms with Crippen LogP contribution >= 0.6 is 12.2 Å². The molecule has 0 amide bonds. The lowest BCUT2D eigenvalue weighted by atomic mass is 9.88. The Bertz CT molecular complexity index is 656. The van der Waals surface area contributed by atoms with Crippen molar-refractivity contribution in [2.75, 3.05) is 11.5 Å². The molecular weight excluding hydrogens is 264 g/mol. The number of hydrogen-bond donors (Lipinski definition) is 2. The minimum Gasteiger partial charge on any atom is -0.399 e. The SMILES string of the molecule is Cc1c(C)c(C(=S)c2ccc(N)cc2)c(C)c(C)c1N. The summed E-state index contributed by atoms with van der Waals surface area (Å²) in [5.74, 6) is 0. The predicted molar refractivity (Wildman–Crippen MR) is 91.5 cm³/mol. The molecule has 4 N–H and O–H groups in total. The van der Waals surface area contributed by atoms with Crippen LogP contribution in [0.2, 0.25) is 0 Å². The van der Waals surface area contributed by atoms with Gasteiger partial charge in [0.1, 0.15) is 0 Å². The normalized spacial score (nSPS) is 10.6. The van der Waals surface area contributed by atoms with Crippen LogP contribution in [0.25, 0.3) is 0 Å². The Morgan fingerprint density at radius 2 is 1.25 bits per heavy atom. The van der Waals surface area contributed by atoms with Gasteiger partial charge in [0, 0.05) is 11.4 Å². The Balaban J connectivity index is 2.64. The van der Waals surface area contributed by atoms with Gasteiger partial charge >= 0.3 is 0 Å². The van der Waals surface area contributed by atoms with Crippen molar-refractivity contribution in [2.24, 2.45) is 0 Å². The van der Waals surface area contributed by atoms with E-state index in [0.29, 0.717) is 0 Å². The molecular formula is C17H20N2S. The largest absolute Gasteiger partial charge is 0.399 e. The van der Waals surface area contributed by atoms with Gasteiger partial charge in [0.25, 0.3) is 0 Å². The van der Waals surface area contributed by atoms with Crippen molar-refractivity contribution in [3.05, 3.63) is 57.6 Å². The molecule has 0 aliphatic heterocycles. The van der Waals surface area contributed by atoms with Crippen LogP contribution in [0.5, 0.6) is 0 Å². The molecule has 0 aromatic heterocycles. The molecule has 2 aromatic rings. The van der Waals surface area contributed by atoms with Crippen molar-refractivity contribution in [3.8, 4) is 0 Å². The fraction of sp³-hybridized carbons (Fsp3) is 0.235. The van der Waals surface area contributed by atoms with E-state index in [4.69, 9.17) is 23.7 Å². The molecule has 3 heteroatoms. The molecule has 0 saturated heterocycles. The highest BCUT2D eigenvalue weighted by atomic mass is 32.1. The van der Waals surface area contributed by atoms with Crippen molar-refractivity contribution in [2.45, 2.75) is 27.7 Å². The quantitative estimate of drug-likeness (QED) is 0.500. The molecule has 0 saturated carbocycles. The molecule has 20 heavy (non-hydrogen) atoms. The lowest BCUT2D eigenvalue weighted by molar-refractivity contribution is 1.23. The zero-order valence-corrected chi connectivity index (χ0v) is 13.2. The van der Waals surface area contributed by atoms with Crippen LogP contribution in [0, 0.1) is 27.7 Å². The molecule has 2 aromatic carbocycles. The number of thiocarbonyl (C=S) groups is 1. The van der Waals surface area contributed by atoms with Crippen molar-refractivity contribution in [1.29, 1.82) is 0 Å². The number of nitrogens with two attached hydrogens (primary N) is 2. The highest BCUT2D eigenvalue weighted by molar-refractivity contribution is 7.81. The van der Waals surface area contributed by atoms with Gasteiger partial charge < -0.3 is 11.5 Å². The van der Waals surface area contributed by atoms with E-state index in [2.05, 4.69) is 13.8 Å². The van der Waals surface area contributed by atoms with Crippen LogP contribution in [-0.2, 0) is 0 Å². The van der Waals surface area contributed by atoms with Gasteiger partial charge in [-0.2, -0.15) is 0 Å². The van der Waals surface area contributed by atoms with Gasteiger partial charge in [-0.1, -0.05) is 24.4 Å². The molecule has 0 fully saturated rings. The first-order valence-corrected chi connectivity index (χ1v) is 7.01. The number of hydrogen-bond acceptors (Lipinski definition) is 3. The summed E-state index contributed by atoms with van der Waals surface area (Å²) >= 11 is 5.69. The molecule has 2 nitrogen and oxygen atoms in total. The van der Waals surface area contributed by atoms with Crippen molar-refractivity contribution in [3.63, 3.8) is 0 Å². The van der Waals surface area contributed by atoms with E-state index in [9.17, 15) is 0 Å². The summed E-state index contributed by atoms with van der Waals surface area (Å²) in [5.41, 5.74) is 20.2. The maximum atomic E-state index is 6.15. The average Bonchev–Trinajstić information content (AvgIpc) is 2.44. The van der Waals surface area contributed by atoms with E-state index in [0.717, 1.165) is 49.6 Å². The molecule has 2 rings (SSSR count). The van der Waals surface area contributed by atoms with Gasteiger partial charge in [-0.05, 0) is 73.2 Å². The average molecular weight is 284 g/mol. The molecule has 0 spiro atoms. The zero-order chi connectivity index (χ0) is 15.0. The molecule has 0 radical (unpaired) electrons. The van der Waals surface area contributed by atoms with Gasteiger partial charge in [0.15, 0.2) is 0 Å². The zero-order valence-electron chi connectivity index (χ0n) is 12.4. The standard InChI is InChI=1S/C17H20N2S/c1-9-11(3)16(19)12(4)10(2)15(9)17(20)13-5-7-14(18)8-6-13/h5-8H,18-19H2,1-4H3. The fourth-order valence-electron chi connectivity index (χ4n) is 2.46. The van der Waals surface area contributed by atoms with Crippen LogP contribution < -0.4 is 11.5 Å². The molecule has 0 bridgehead atoms. The van der Waals surface area contributed by atoms with Crippen molar-refractivity contribution in [1.82, 2.24) is 0 Å². The third-order valence-electron chi connectivity index (χ3n) is 4.08. The Hall–Kier alpha value is -1.87. The van der Waals surface area contributed by atoms with E-state index < -0.39 is 0 Å². The van der Waals surface area contributed by atoms with Crippen LogP contribution in [-0.4, -0.2) is 4.86 Å². The van der Waals surface area contributed by atoms with Gasteiger partial charge in [-0.15, -0.1) is 0 Å². The third kappa shape index (κ3) is 2.29. The first kappa shape index (κ1) is 14.5. The van der Waals surface area contributed by atoms with E-state index in [1.54, 1.807) is 0 Å². The topological polar surface area (TPSA) is 52.0 Å². The molecule has 0 unspecified atom stereocenters. The van der Waals surface area contributed by atoms with Gasteiger partial charge in [0.05, 0.1) is 4.86 Å². The molecule has 0 heterocycles. The van der Waals surface area contributed by atoms with Gasteiger partial charge in [0.2, 0.25) is 0 Å². The van der Waals surface area contributed by atoms with Crippen LogP contribution in [0.1, 0.15) is 33.4 Å². The van der Waals surface area contributed by atoms with Crippen LogP contribution in [0.15, 0.2) is 24.3 Å². The Morgan fingerprint density at radius 3 is 1.70 bits per heavy atom. The summed E-state index contributed by atoms with van der Waals surface area (Å²) in [6.07, 6.45) is 0. The Morgan fingerprint density at radius 1 is 0.800 bits per heavy atom. The second-order valence-corrected chi connectivity index (χ2v) is 5.65. The fourth-order valence-corrected chi connectivity index (χ4v) is 2.90. The molecule has 104 valence electrons. The minimum absolute atomic E-state index is 0.745. The maximum Gasteiger partial charge on any atom is 0.0527 e. The first-order valence-electron chi connectivity index (χ1n) is 6.60. The third-order valence-corrected chi connectivity index (χ3v) is 4.52. The summed E-state index contributed by atoms with van der Waals surface area (Å²) in [6.45, 7) is 8.26. The van der Waals surface area contributed by atoms with Gasteiger partial charge in [-0.25, -0.2) is 0 Å². The van der Waals surface area contributed by atoms with Crippen molar-refractivity contribution >= 4 is 28.5 Å². The van der Waals surface area contributed by atoms with E-state index >= 15 is 0 Å². The highest BCUT2D eigenvalue weighted by Crippen LogP contribution is 2.30.